The first-order chi connectivity index (χ1) is 8.94. The van der Waals surface area contributed by atoms with Gasteiger partial charge in [-0.25, -0.2) is 0 Å². The number of amides is 1. The molecule has 3 nitrogen and oxygen atoms in total. The third kappa shape index (κ3) is 3.28. The minimum absolute atomic E-state index is 0.0600. The van der Waals surface area contributed by atoms with Crippen LogP contribution in [0.15, 0.2) is 24.3 Å². The average molecular weight is 281 g/mol. The lowest BCUT2D eigenvalue weighted by molar-refractivity contribution is -0.123. The first kappa shape index (κ1) is 14.4. The fraction of sp³-hybridized carbons (Fsp3) is 0.533. The van der Waals surface area contributed by atoms with Crippen LogP contribution >= 0.6 is 11.6 Å². The monoisotopic (exact) mass is 280 g/mol. The Morgan fingerprint density at radius 2 is 1.95 bits per heavy atom. The molecule has 1 saturated carbocycles. The van der Waals surface area contributed by atoms with E-state index in [4.69, 9.17) is 17.3 Å². The van der Waals surface area contributed by atoms with Crippen molar-refractivity contribution in [3.63, 3.8) is 0 Å². The molecule has 1 aromatic rings. The highest BCUT2D eigenvalue weighted by atomic mass is 35.5. The number of benzene rings is 1. The van der Waals surface area contributed by atoms with Crippen LogP contribution in [0.3, 0.4) is 0 Å². The van der Waals surface area contributed by atoms with Crippen LogP contribution in [0.4, 0.5) is 0 Å². The van der Waals surface area contributed by atoms with Gasteiger partial charge in [-0.1, -0.05) is 37.6 Å². The SMILES string of the molecule is CC(C)[C@H](N)C(=O)NCC1(c2ccc(Cl)cc2)CC1. The van der Waals surface area contributed by atoms with Crippen LogP contribution in [-0.2, 0) is 10.2 Å². The molecule has 3 N–H and O–H groups in total. The fourth-order valence-electron chi connectivity index (χ4n) is 2.20. The molecular formula is C15H21ClN2O. The number of hydrogen-bond donors (Lipinski definition) is 2. The Bertz CT molecular complexity index is 452. The number of hydrogen-bond acceptors (Lipinski definition) is 2. The van der Waals surface area contributed by atoms with E-state index in [-0.39, 0.29) is 17.2 Å². The predicted octanol–water partition coefficient (Wildman–Crippen LogP) is 2.47. The smallest absolute Gasteiger partial charge is 0.237 e. The molecule has 2 rings (SSSR count). The third-order valence-electron chi connectivity index (χ3n) is 3.93. The second-order valence-electron chi connectivity index (χ2n) is 5.77. The molecule has 0 aliphatic heterocycles. The molecule has 0 radical (unpaired) electrons. The molecule has 1 fully saturated rings. The summed E-state index contributed by atoms with van der Waals surface area (Å²) in [6.45, 7) is 4.57. The maximum absolute atomic E-state index is 11.9. The molecule has 1 atom stereocenters. The Morgan fingerprint density at radius 1 is 1.37 bits per heavy atom. The lowest BCUT2D eigenvalue weighted by atomic mass is 9.95. The van der Waals surface area contributed by atoms with E-state index in [0.29, 0.717) is 6.54 Å². The number of halogens is 1. The summed E-state index contributed by atoms with van der Waals surface area (Å²) in [7, 11) is 0. The van der Waals surface area contributed by atoms with Crippen LogP contribution in [0.1, 0.15) is 32.3 Å². The quantitative estimate of drug-likeness (QED) is 0.871. The lowest BCUT2D eigenvalue weighted by Gasteiger charge is -2.20. The Morgan fingerprint density at radius 3 is 2.42 bits per heavy atom. The second-order valence-corrected chi connectivity index (χ2v) is 6.21. The minimum atomic E-state index is -0.430. The zero-order chi connectivity index (χ0) is 14.0. The maximum Gasteiger partial charge on any atom is 0.237 e. The van der Waals surface area contributed by atoms with Crippen molar-refractivity contribution in [2.45, 2.75) is 38.1 Å². The Balaban J connectivity index is 1.96. The molecule has 1 aliphatic carbocycles. The molecule has 0 saturated heterocycles. The molecule has 0 aromatic heterocycles. The van der Waals surface area contributed by atoms with E-state index in [1.807, 2.05) is 38.1 Å². The summed E-state index contributed by atoms with van der Waals surface area (Å²) < 4.78 is 0. The first-order valence-electron chi connectivity index (χ1n) is 6.74. The summed E-state index contributed by atoms with van der Waals surface area (Å²) in [5, 5.41) is 3.72. The summed E-state index contributed by atoms with van der Waals surface area (Å²) in [4.78, 5) is 11.9. The van der Waals surface area contributed by atoms with Gasteiger partial charge in [-0.15, -0.1) is 0 Å². The molecular weight excluding hydrogens is 260 g/mol. The van der Waals surface area contributed by atoms with Gasteiger partial charge in [0.25, 0.3) is 0 Å². The minimum Gasteiger partial charge on any atom is -0.354 e. The molecule has 4 heteroatoms. The van der Waals surface area contributed by atoms with E-state index < -0.39 is 6.04 Å². The molecule has 1 aliphatic rings. The highest BCUT2D eigenvalue weighted by Crippen LogP contribution is 2.47. The lowest BCUT2D eigenvalue weighted by Crippen LogP contribution is -2.46. The number of carbonyl (C=O) groups is 1. The van der Waals surface area contributed by atoms with E-state index in [0.717, 1.165) is 17.9 Å². The second kappa shape index (κ2) is 5.51. The van der Waals surface area contributed by atoms with Gasteiger partial charge in [0.1, 0.15) is 0 Å². The molecule has 19 heavy (non-hydrogen) atoms. The number of nitrogens with one attached hydrogen (secondary N) is 1. The van der Waals surface area contributed by atoms with Crippen molar-refractivity contribution < 1.29 is 4.79 Å². The van der Waals surface area contributed by atoms with Crippen molar-refractivity contribution in [2.75, 3.05) is 6.54 Å². The van der Waals surface area contributed by atoms with E-state index in [1.54, 1.807) is 0 Å². The van der Waals surface area contributed by atoms with Crippen LogP contribution < -0.4 is 11.1 Å². The van der Waals surface area contributed by atoms with Crippen LogP contribution in [0, 0.1) is 5.92 Å². The average Bonchev–Trinajstić information content (AvgIpc) is 3.17. The highest BCUT2D eigenvalue weighted by Gasteiger charge is 2.44. The van der Waals surface area contributed by atoms with Crippen molar-refractivity contribution in [2.24, 2.45) is 11.7 Å². The summed E-state index contributed by atoms with van der Waals surface area (Å²) in [6, 6.07) is 7.46. The van der Waals surface area contributed by atoms with Gasteiger partial charge >= 0.3 is 0 Å². The molecule has 0 unspecified atom stereocenters. The summed E-state index contributed by atoms with van der Waals surface area (Å²) in [5.74, 6) is 0.0981. The summed E-state index contributed by atoms with van der Waals surface area (Å²) in [6.07, 6.45) is 2.21. The number of nitrogens with two attached hydrogens (primary N) is 1. The van der Waals surface area contributed by atoms with Gasteiger partial charge in [-0.3, -0.25) is 4.79 Å². The van der Waals surface area contributed by atoms with E-state index in [1.165, 1.54) is 5.56 Å². The highest BCUT2D eigenvalue weighted by molar-refractivity contribution is 6.30. The molecule has 0 heterocycles. The zero-order valence-corrected chi connectivity index (χ0v) is 12.2. The topological polar surface area (TPSA) is 55.1 Å². The van der Waals surface area contributed by atoms with Gasteiger partial charge in [-0.2, -0.15) is 0 Å². The van der Waals surface area contributed by atoms with Gasteiger partial charge in [0, 0.05) is 17.0 Å². The van der Waals surface area contributed by atoms with Crippen molar-refractivity contribution in [3.8, 4) is 0 Å². The van der Waals surface area contributed by atoms with Gasteiger partial charge in [0.05, 0.1) is 6.04 Å². The standard InChI is InChI=1S/C15H21ClN2O/c1-10(2)13(17)14(19)18-9-15(7-8-15)11-3-5-12(16)6-4-11/h3-6,10,13H,7-9,17H2,1-2H3,(H,18,19)/t13-/m0/s1. The molecule has 0 bridgehead atoms. The van der Waals surface area contributed by atoms with Crippen LogP contribution in [-0.4, -0.2) is 18.5 Å². The Kier molecular flexibility index (Phi) is 4.16. The first-order valence-corrected chi connectivity index (χ1v) is 7.12. The molecule has 1 aromatic carbocycles. The van der Waals surface area contributed by atoms with Gasteiger partial charge in [0.2, 0.25) is 5.91 Å². The molecule has 0 spiro atoms. The molecule has 104 valence electrons. The van der Waals surface area contributed by atoms with Crippen molar-refractivity contribution in [3.05, 3.63) is 34.9 Å². The van der Waals surface area contributed by atoms with Crippen LogP contribution in [0.5, 0.6) is 0 Å². The summed E-state index contributed by atoms with van der Waals surface area (Å²) in [5.41, 5.74) is 7.18. The largest absolute Gasteiger partial charge is 0.354 e. The Labute approximate surface area is 119 Å². The van der Waals surface area contributed by atoms with Crippen LogP contribution in [0.25, 0.3) is 0 Å². The predicted molar refractivity (Wildman–Crippen MR) is 78.2 cm³/mol. The van der Waals surface area contributed by atoms with E-state index >= 15 is 0 Å². The summed E-state index contributed by atoms with van der Waals surface area (Å²) >= 11 is 5.90. The maximum atomic E-state index is 11.9. The van der Waals surface area contributed by atoms with Gasteiger partial charge in [-0.05, 0) is 36.5 Å². The molecule has 1 amide bonds. The van der Waals surface area contributed by atoms with Crippen molar-refractivity contribution in [1.82, 2.24) is 5.32 Å². The number of rotatable bonds is 5. The van der Waals surface area contributed by atoms with E-state index in [9.17, 15) is 4.79 Å². The Hall–Kier alpha value is -1.06. The zero-order valence-electron chi connectivity index (χ0n) is 11.4. The van der Waals surface area contributed by atoms with Gasteiger partial charge in [0.15, 0.2) is 0 Å². The number of carbonyl (C=O) groups excluding carboxylic acids is 1. The van der Waals surface area contributed by atoms with Crippen molar-refractivity contribution in [1.29, 1.82) is 0 Å². The normalized spacial score (nSPS) is 18.2. The third-order valence-corrected chi connectivity index (χ3v) is 4.18. The fourth-order valence-corrected chi connectivity index (χ4v) is 2.32. The van der Waals surface area contributed by atoms with E-state index in [2.05, 4.69) is 5.32 Å². The van der Waals surface area contributed by atoms with Crippen LogP contribution in [0.2, 0.25) is 5.02 Å². The van der Waals surface area contributed by atoms with Crippen molar-refractivity contribution >= 4 is 17.5 Å². The van der Waals surface area contributed by atoms with Gasteiger partial charge < -0.3 is 11.1 Å².